The molecule has 27 heavy (non-hydrogen) atoms. The number of rotatable bonds is 6. The Morgan fingerprint density at radius 2 is 1.70 bits per heavy atom. The third-order valence-electron chi connectivity index (χ3n) is 3.85. The fourth-order valence-corrected chi connectivity index (χ4v) is 2.20. The Kier molecular flexibility index (Phi) is 6.70. The molecule has 2 rings (SSSR count). The van der Waals surface area contributed by atoms with Crippen LogP contribution in [-0.2, 0) is 4.79 Å². The lowest BCUT2D eigenvalue weighted by atomic mass is 10.1. The Labute approximate surface area is 155 Å². The molecule has 0 spiro atoms. The summed E-state index contributed by atoms with van der Waals surface area (Å²) >= 11 is 0. The van der Waals surface area contributed by atoms with Gasteiger partial charge in [0.2, 0.25) is 0 Å². The predicted molar refractivity (Wildman–Crippen MR) is 94.7 cm³/mol. The Morgan fingerprint density at radius 1 is 1.00 bits per heavy atom. The smallest absolute Gasteiger partial charge is 0.387 e. The molecular formula is C19H20F2N2O4. The van der Waals surface area contributed by atoms with Gasteiger partial charge in [0.1, 0.15) is 11.5 Å². The maximum atomic E-state index is 12.2. The first-order valence-corrected chi connectivity index (χ1v) is 8.16. The summed E-state index contributed by atoms with van der Waals surface area (Å²) in [5, 5.41) is 0. The van der Waals surface area contributed by atoms with Crippen LogP contribution < -0.4 is 20.3 Å². The minimum absolute atomic E-state index is 0.0524. The largest absolute Gasteiger partial charge is 0.481 e. The van der Waals surface area contributed by atoms with Gasteiger partial charge in [-0.2, -0.15) is 8.78 Å². The van der Waals surface area contributed by atoms with Crippen LogP contribution in [0.25, 0.3) is 0 Å². The number of hydrazine groups is 1. The first-order chi connectivity index (χ1) is 12.8. The summed E-state index contributed by atoms with van der Waals surface area (Å²) in [5.74, 6) is -0.831. The topological polar surface area (TPSA) is 76.7 Å². The minimum Gasteiger partial charge on any atom is -0.481 e. The van der Waals surface area contributed by atoms with E-state index in [1.807, 2.05) is 26.0 Å². The lowest BCUT2D eigenvalue weighted by Gasteiger charge is -2.17. The van der Waals surface area contributed by atoms with Crippen molar-refractivity contribution >= 4 is 11.8 Å². The zero-order valence-electron chi connectivity index (χ0n) is 15.1. The molecule has 0 aliphatic carbocycles. The van der Waals surface area contributed by atoms with Crippen molar-refractivity contribution in [2.75, 3.05) is 0 Å². The van der Waals surface area contributed by atoms with Crippen LogP contribution in [0, 0.1) is 13.8 Å². The highest BCUT2D eigenvalue weighted by atomic mass is 19.3. The average Bonchev–Trinajstić information content (AvgIpc) is 2.62. The van der Waals surface area contributed by atoms with Gasteiger partial charge in [-0.25, -0.2) is 0 Å². The number of hydrogen-bond donors (Lipinski definition) is 2. The summed E-state index contributed by atoms with van der Waals surface area (Å²) < 4.78 is 34.3. The molecule has 2 aromatic rings. The summed E-state index contributed by atoms with van der Waals surface area (Å²) in [6.07, 6.45) is -0.862. The lowest BCUT2D eigenvalue weighted by Crippen LogP contribution is -2.47. The van der Waals surface area contributed by atoms with Gasteiger partial charge in [0.15, 0.2) is 6.10 Å². The molecule has 0 heterocycles. The van der Waals surface area contributed by atoms with Crippen LogP contribution in [0.5, 0.6) is 11.5 Å². The fourth-order valence-electron chi connectivity index (χ4n) is 2.20. The predicted octanol–water partition coefficient (Wildman–Crippen LogP) is 3.13. The van der Waals surface area contributed by atoms with Crippen LogP contribution in [-0.4, -0.2) is 24.5 Å². The normalized spacial score (nSPS) is 11.6. The van der Waals surface area contributed by atoms with Gasteiger partial charge in [-0.05, 0) is 56.2 Å². The number of hydrogen-bond acceptors (Lipinski definition) is 4. The second kappa shape index (κ2) is 8.98. The molecule has 0 saturated heterocycles. The molecule has 0 aromatic heterocycles. The van der Waals surface area contributed by atoms with Crippen molar-refractivity contribution < 1.29 is 27.8 Å². The molecule has 0 saturated carbocycles. The van der Waals surface area contributed by atoms with E-state index in [0.29, 0.717) is 5.75 Å². The number of aryl methyl sites for hydroxylation is 1. The van der Waals surface area contributed by atoms with Crippen LogP contribution in [0.3, 0.4) is 0 Å². The molecule has 2 amide bonds. The van der Waals surface area contributed by atoms with Gasteiger partial charge in [0.05, 0.1) is 0 Å². The van der Waals surface area contributed by atoms with E-state index in [1.54, 1.807) is 13.0 Å². The molecule has 1 atom stereocenters. The van der Waals surface area contributed by atoms with Gasteiger partial charge in [0.25, 0.3) is 11.8 Å². The number of halogens is 2. The number of ether oxygens (including phenoxy) is 2. The van der Waals surface area contributed by atoms with Gasteiger partial charge in [-0.15, -0.1) is 0 Å². The number of amides is 2. The summed E-state index contributed by atoms with van der Waals surface area (Å²) in [7, 11) is 0. The number of alkyl halides is 2. The highest BCUT2D eigenvalue weighted by Gasteiger charge is 2.17. The van der Waals surface area contributed by atoms with Gasteiger partial charge in [0, 0.05) is 5.56 Å². The zero-order valence-corrected chi connectivity index (χ0v) is 15.1. The van der Waals surface area contributed by atoms with E-state index in [0.717, 1.165) is 17.2 Å². The molecule has 2 aromatic carbocycles. The Balaban J connectivity index is 1.92. The molecule has 2 N–H and O–H groups in total. The van der Waals surface area contributed by atoms with Crippen molar-refractivity contribution in [1.82, 2.24) is 10.9 Å². The molecule has 144 valence electrons. The Hall–Kier alpha value is -3.16. The molecule has 8 heteroatoms. The van der Waals surface area contributed by atoms with Gasteiger partial charge in [-0.3, -0.25) is 20.4 Å². The highest BCUT2D eigenvalue weighted by molar-refractivity contribution is 5.96. The maximum absolute atomic E-state index is 12.2. The van der Waals surface area contributed by atoms with Crippen LogP contribution >= 0.6 is 0 Å². The molecule has 0 bridgehead atoms. The van der Waals surface area contributed by atoms with Crippen molar-refractivity contribution in [3.8, 4) is 11.5 Å². The fraction of sp³-hybridized carbons (Fsp3) is 0.263. The van der Waals surface area contributed by atoms with Crippen molar-refractivity contribution in [1.29, 1.82) is 0 Å². The monoisotopic (exact) mass is 378 g/mol. The van der Waals surface area contributed by atoms with Crippen molar-refractivity contribution in [3.63, 3.8) is 0 Å². The van der Waals surface area contributed by atoms with Crippen LogP contribution in [0.2, 0.25) is 0 Å². The Morgan fingerprint density at radius 3 is 2.41 bits per heavy atom. The first kappa shape index (κ1) is 20.2. The second-order valence-electron chi connectivity index (χ2n) is 5.81. The highest BCUT2D eigenvalue weighted by Crippen LogP contribution is 2.21. The molecule has 0 fully saturated rings. The van der Waals surface area contributed by atoms with E-state index >= 15 is 0 Å². The van der Waals surface area contributed by atoms with Crippen molar-refractivity contribution in [3.05, 3.63) is 59.2 Å². The molecular weight excluding hydrogens is 358 g/mol. The number of nitrogens with one attached hydrogen (secondary N) is 2. The third-order valence-corrected chi connectivity index (χ3v) is 3.85. The number of carbonyl (C=O) groups excluding carboxylic acids is 2. The van der Waals surface area contributed by atoms with E-state index in [9.17, 15) is 18.4 Å². The van der Waals surface area contributed by atoms with Crippen molar-refractivity contribution in [2.45, 2.75) is 33.5 Å². The van der Waals surface area contributed by atoms with Gasteiger partial charge in [-0.1, -0.05) is 18.2 Å². The Bertz CT molecular complexity index is 827. The van der Waals surface area contributed by atoms with E-state index in [-0.39, 0.29) is 11.3 Å². The quantitative estimate of drug-likeness (QED) is 0.758. The van der Waals surface area contributed by atoms with Crippen LogP contribution in [0.1, 0.15) is 28.4 Å². The van der Waals surface area contributed by atoms with E-state index in [1.165, 1.54) is 18.2 Å². The number of benzene rings is 2. The second-order valence-corrected chi connectivity index (χ2v) is 5.81. The molecule has 0 aliphatic rings. The standard InChI is InChI=1S/C19H20F2N2O4/c1-11-6-4-9-16(12(11)2)26-13(3)17(24)22-23-18(25)14-7-5-8-15(10-14)27-19(20)21/h4-10,13,19H,1-3H3,(H,22,24)(H,23,25)/t13-/m1/s1. The SMILES string of the molecule is Cc1cccc(O[C@H](C)C(=O)NNC(=O)c2cccc(OC(F)F)c2)c1C. The van der Waals surface area contributed by atoms with Gasteiger partial charge >= 0.3 is 6.61 Å². The molecule has 0 unspecified atom stereocenters. The molecule has 6 nitrogen and oxygen atoms in total. The van der Waals surface area contributed by atoms with E-state index in [2.05, 4.69) is 15.6 Å². The van der Waals surface area contributed by atoms with Crippen LogP contribution in [0.4, 0.5) is 8.78 Å². The summed E-state index contributed by atoms with van der Waals surface area (Å²) in [5.41, 5.74) is 6.45. The molecule has 0 radical (unpaired) electrons. The third kappa shape index (κ3) is 5.67. The van der Waals surface area contributed by atoms with E-state index < -0.39 is 24.5 Å². The van der Waals surface area contributed by atoms with Crippen LogP contribution in [0.15, 0.2) is 42.5 Å². The first-order valence-electron chi connectivity index (χ1n) is 8.16. The van der Waals surface area contributed by atoms with Crippen molar-refractivity contribution in [2.24, 2.45) is 0 Å². The van der Waals surface area contributed by atoms with Gasteiger partial charge < -0.3 is 9.47 Å². The molecule has 0 aliphatic heterocycles. The average molecular weight is 378 g/mol. The maximum Gasteiger partial charge on any atom is 0.387 e. The lowest BCUT2D eigenvalue weighted by molar-refractivity contribution is -0.128. The van der Waals surface area contributed by atoms with E-state index in [4.69, 9.17) is 4.74 Å². The number of carbonyl (C=O) groups is 2. The zero-order chi connectivity index (χ0) is 20.0. The summed E-state index contributed by atoms with van der Waals surface area (Å²) in [4.78, 5) is 24.2. The minimum atomic E-state index is -2.99. The summed E-state index contributed by atoms with van der Waals surface area (Å²) in [6.45, 7) is 2.36. The summed E-state index contributed by atoms with van der Waals surface area (Å²) in [6, 6.07) is 10.7.